The van der Waals surface area contributed by atoms with Crippen LogP contribution in [-0.4, -0.2) is 26.7 Å². The van der Waals surface area contributed by atoms with E-state index >= 15 is 0 Å². The molecule has 0 saturated heterocycles. The lowest BCUT2D eigenvalue weighted by Gasteiger charge is -2.11. The van der Waals surface area contributed by atoms with Gasteiger partial charge in [0, 0.05) is 42.5 Å². The van der Waals surface area contributed by atoms with Gasteiger partial charge in [0.2, 0.25) is 6.79 Å². The van der Waals surface area contributed by atoms with Crippen LogP contribution in [0.2, 0.25) is 0 Å². The van der Waals surface area contributed by atoms with E-state index in [0.717, 1.165) is 11.3 Å². The molecule has 0 N–H and O–H groups in total. The SMILES string of the molecule is CC(=O)c1cc2c(cc1C#Cc1ccc(N(C)C)cc1)OCO2. The zero-order valence-electron chi connectivity index (χ0n) is 13.3. The minimum absolute atomic E-state index is 0.0458. The first-order valence-electron chi connectivity index (χ1n) is 7.28. The summed E-state index contributed by atoms with van der Waals surface area (Å²) >= 11 is 0. The number of rotatable bonds is 2. The highest BCUT2D eigenvalue weighted by Crippen LogP contribution is 2.34. The zero-order valence-corrected chi connectivity index (χ0v) is 13.3. The van der Waals surface area contributed by atoms with Crippen molar-refractivity contribution in [2.75, 3.05) is 25.8 Å². The van der Waals surface area contributed by atoms with Gasteiger partial charge in [0.15, 0.2) is 17.3 Å². The number of nitrogens with zero attached hydrogens (tertiary/aromatic N) is 1. The van der Waals surface area contributed by atoms with Gasteiger partial charge in [-0.25, -0.2) is 0 Å². The summed E-state index contributed by atoms with van der Waals surface area (Å²) in [7, 11) is 3.98. The lowest BCUT2D eigenvalue weighted by molar-refractivity contribution is 0.101. The maximum atomic E-state index is 11.8. The fraction of sp³-hybridized carbons (Fsp3) is 0.211. The lowest BCUT2D eigenvalue weighted by Crippen LogP contribution is -2.07. The summed E-state index contributed by atoms with van der Waals surface area (Å²) in [5, 5.41) is 0. The van der Waals surface area contributed by atoms with E-state index in [2.05, 4.69) is 11.8 Å². The summed E-state index contributed by atoms with van der Waals surface area (Å²) in [6.45, 7) is 1.70. The minimum atomic E-state index is -0.0458. The highest BCUT2D eigenvalue weighted by molar-refractivity contribution is 5.97. The number of ketones is 1. The standard InChI is InChI=1S/C19H17NO3/c1-13(21)17-11-19-18(22-12-23-19)10-15(17)7-4-14-5-8-16(9-6-14)20(2)3/h5-6,8-11H,12H2,1-3H3. The van der Waals surface area contributed by atoms with E-state index in [4.69, 9.17) is 9.47 Å². The van der Waals surface area contributed by atoms with Crippen LogP contribution in [0.15, 0.2) is 36.4 Å². The van der Waals surface area contributed by atoms with E-state index in [1.165, 1.54) is 6.92 Å². The van der Waals surface area contributed by atoms with Gasteiger partial charge in [-0.15, -0.1) is 0 Å². The smallest absolute Gasteiger partial charge is 0.231 e. The van der Waals surface area contributed by atoms with Crippen molar-refractivity contribution in [2.24, 2.45) is 0 Å². The van der Waals surface area contributed by atoms with Gasteiger partial charge in [0.25, 0.3) is 0 Å². The summed E-state index contributed by atoms with van der Waals surface area (Å²) in [6, 6.07) is 11.4. The molecule has 0 fully saturated rings. The van der Waals surface area contributed by atoms with Crippen LogP contribution in [0.4, 0.5) is 5.69 Å². The van der Waals surface area contributed by atoms with Crippen LogP contribution in [0.3, 0.4) is 0 Å². The first-order chi connectivity index (χ1) is 11.0. The topological polar surface area (TPSA) is 38.8 Å². The Morgan fingerprint density at radius 1 is 1.04 bits per heavy atom. The van der Waals surface area contributed by atoms with Crippen molar-refractivity contribution in [1.82, 2.24) is 0 Å². The fourth-order valence-corrected chi connectivity index (χ4v) is 2.32. The van der Waals surface area contributed by atoms with Crippen molar-refractivity contribution in [3.05, 3.63) is 53.1 Å². The van der Waals surface area contributed by atoms with Crippen LogP contribution in [-0.2, 0) is 0 Å². The van der Waals surface area contributed by atoms with Gasteiger partial charge in [0.05, 0.1) is 0 Å². The van der Waals surface area contributed by atoms with Gasteiger partial charge >= 0.3 is 0 Å². The van der Waals surface area contributed by atoms with Gasteiger partial charge in [-0.05, 0) is 37.3 Å². The molecule has 3 rings (SSSR count). The summed E-state index contributed by atoms with van der Waals surface area (Å²) in [6.07, 6.45) is 0. The molecule has 0 amide bonds. The van der Waals surface area contributed by atoms with E-state index < -0.39 is 0 Å². The molecule has 23 heavy (non-hydrogen) atoms. The molecule has 0 saturated carbocycles. The number of hydrogen-bond donors (Lipinski definition) is 0. The second kappa shape index (κ2) is 6.05. The second-order valence-corrected chi connectivity index (χ2v) is 5.50. The van der Waals surface area contributed by atoms with Crippen LogP contribution in [0.25, 0.3) is 0 Å². The largest absolute Gasteiger partial charge is 0.454 e. The molecular formula is C19H17NO3. The van der Waals surface area contributed by atoms with Gasteiger partial charge in [-0.1, -0.05) is 11.8 Å². The molecule has 4 nitrogen and oxygen atoms in total. The number of benzene rings is 2. The molecule has 0 aliphatic carbocycles. The highest BCUT2D eigenvalue weighted by atomic mass is 16.7. The Hall–Kier alpha value is -2.93. The first-order valence-corrected chi connectivity index (χ1v) is 7.28. The van der Waals surface area contributed by atoms with Crippen molar-refractivity contribution in [3.8, 4) is 23.3 Å². The highest BCUT2D eigenvalue weighted by Gasteiger charge is 2.18. The molecule has 116 valence electrons. The molecular weight excluding hydrogens is 290 g/mol. The number of carbonyl (C=O) groups is 1. The zero-order chi connectivity index (χ0) is 16.4. The Balaban J connectivity index is 1.95. The third kappa shape index (κ3) is 3.14. The average Bonchev–Trinajstić information content (AvgIpc) is 2.99. The molecule has 1 heterocycles. The summed E-state index contributed by atoms with van der Waals surface area (Å²) in [5.41, 5.74) is 3.20. The number of anilines is 1. The third-order valence-corrected chi connectivity index (χ3v) is 3.62. The van der Waals surface area contributed by atoms with Crippen molar-refractivity contribution >= 4 is 11.5 Å². The second-order valence-electron chi connectivity index (χ2n) is 5.50. The van der Waals surface area contributed by atoms with Crippen LogP contribution < -0.4 is 14.4 Å². The van der Waals surface area contributed by atoms with Crippen LogP contribution >= 0.6 is 0 Å². The van der Waals surface area contributed by atoms with Crippen molar-refractivity contribution in [1.29, 1.82) is 0 Å². The number of fused-ring (bicyclic) bond motifs is 1. The molecule has 0 spiro atoms. The molecule has 0 atom stereocenters. The summed E-state index contributed by atoms with van der Waals surface area (Å²) < 4.78 is 10.7. The molecule has 1 aliphatic rings. The van der Waals surface area contributed by atoms with Gasteiger partial charge in [0.1, 0.15) is 0 Å². The molecule has 0 radical (unpaired) electrons. The third-order valence-electron chi connectivity index (χ3n) is 3.62. The molecule has 0 bridgehead atoms. The quantitative estimate of drug-likeness (QED) is 0.631. The Bertz CT molecular complexity index is 811. The summed E-state index contributed by atoms with van der Waals surface area (Å²) in [4.78, 5) is 13.9. The Labute approximate surface area is 135 Å². The summed E-state index contributed by atoms with van der Waals surface area (Å²) in [5.74, 6) is 7.34. The Kier molecular flexibility index (Phi) is 3.94. The lowest BCUT2D eigenvalue weighted by atomic mass is 10.0. The Morgan fingerprint density at radius 2 is 1.70 bits per heavy atom. The molecule has 0 unspecified atom stereocenters. The predicted molar refractivity (Wildman–Crippen MR) is 89.3 cm³/mol. The maximum absolute atomic E-state index is 11.8. The van der Waals surface area contributed by atoms with Crippen LogP contribution in [0.1, 0.15) is 28.4 Å². The van der Waals surface area contributed by atoms with Crippen molar-refractivity contribution in [3.63, 3.8) is 0 Å². The maximum Gasteiger partial charge on any atom is 0.231 e. The molecule has 2 aromatic carbocycles. The first kappa shape index (κ1) is 15.0. The predicted octanol–water partition coefficient (Wildman–Crippen LogP) is 3.08. The normalized spacial score (nSPS) is 11.6. The fourth-order valence-electron chi connectivity index (χ4n) is 2.32. The van der Waals surface area contributed by atoms with Gasteiger partial charge in [-0.3, -0.25) is 4.79 Å². The number of carbonyl (C=O) groups excluding carboxylic acids is 1. The minimum Gasteiger partial charge on any atom is -0.454 e. The van der Waals surface area contributed by atoms with E-state index in [1.807, 2.05) is 43.3 Å². The molecule has 2 aromatic rings. The monoisotopic (exact) mass is 307 g/mol. The molecule has 4 heteroatoms. The average molecular weight is 307 g/mol. The van der Waals surface area contributed by atoms with Crippen molar-refractivity contribution < 1.29 is 14.3 Å². The van der Waals surface area contributed by atoms with Crippen LogP contribution in [0.5, 0.6) is 11.5 Å². The Morgan fingerprint density at radius 3 is 2.30 bits per heavy atom. The number of ether oxygens (including phenoxy) is 2. The van der Waals surface area contributed by atoms with Crippen molar-refractivity contribution in [2.45, 2.75) is 6.92 Å². The van der Waals surface area contributed by atoms with E-state index in [0.29, 0.717) is 22.6 Å². The van der Waals surface area contributed by atoms with E-state index in [9.17, 15) is 4.79 Å². The molecule has 1 aliphatic heterocycles. The van der Waals surface area contributed by atoms with Crippen LogP contribution in [0, 0.1) is 11.8 Å². The van der Waals surface area contributed by atoms with Gasteiger partial charge < -0.3 is 14.4 Å². The van der Waals surface area contributed by atoms with Gasteiger partial charge in [-0.2, -0.15) is 0 Å². The van der Waals surface area contributed by atoms with E-state index in [1.54, 1.807) is 12.1 Å². The number of Topliss-reactive ketones (excluding diaryl/α,β-unsaturated/α-hetero) is 1. The van der Waals surface area contributed by atoms with E-state index in [-0.39, 0.29) is 12.6 Å². The number of hydrogen-bond acceptors (Lipinski definition) is 4. The molecule has 0 aromatic heterocycles.